The number of amides is 1. The van der Waals surface area contributed by atoms with Gasteiger partial charge in [0.1, 0.15) is 0 Å². The summed E-state index contributed by atoms with van der Waals surface area (Å²) >= 11 is 0. The zero-order valence-corrected chi connectivity index (χ0v) is 10.6. The number of hydrogen-bond donors (Lipinski definition) is 3. The molecule has 0 bridgehead atoms. The molecule has 0 radical (unpaired) electrons. The van der Waals surface area contributed by atoms with Gasteiger partial charge in [0.05, 0.1) is 5.56 Å². The summed E-state index contributed by atoms with van der Waals surface area (Å²) in [7, 11) is 0. The van der Waals surface area contributed by atoms with Crippen molar-refractivity contribution >= 4 is 17.6 Å². The maximum absolute atomic E-state index is 11.6. The molecule has 1 rings (SSSR count). The minimum atomic E-state index is -1.00. The molecule has 0 heterocycles. The van der Waals surface area contributed by atoms with Gasteiger partial charge in [0.2, 0.25) is 5.91 Å². The standard InChI is InChI=1S/C13H18N2O3/c1-3-14-7-6-12(16)15-11-8-10(13(17)18)5-4-9(11)2/h4-5,8,14H,3,6-7H2,1-2H3,(H,15,16)(H,17,18). The van der Waals surface area contributed by atoms with Gasteiger partial charge in [0.15, 0.2) is 0 Å². The number of anilines is 1. The summed E-state index contributed by atoms with van der Waals surface area (Å²) in [6, 6.07) is 4.68. The van der Waals surface area contributed by atoms with Gasteiger partial charge in [-0.1, -0.05) is 13.0 Å². The number of aromatic carboxylic acids is 1. The second kappa shape index (κ2) is 6.76. The lowest BCUT2D eigenvalue weighted by molar-refractivity contribution is -0.116. The Labute approximate surface area is 106 Å². The first-order valence-electron chi connectivity index (χ1n) is 5.89. The zero-order chi connectivity index (χ0) is 13.5. The van der Waals surface area contributed by atoms with Gasteiger partial charge in [-0.15, -0.1) is 0 Å². The van der Waals surface area contributed by atoms with Crippen molar-refractivity contribution in [3.05, 3.63) is 29.3 Å². The second-order valence-electron chi connectivity index (χ2n) is 3.99. The lowest BCUT2D eigenvalue weighted by atomic mass is 10.1. The van der Waals surface area contributed by atoms with Crippen molar-refractivity contribution in [3.63, 3.8) is 0 Å². The lowest BCUT2D eigenvalue weighted by Gasteiger charge is -2.09. The van der Waals surface area contributed by atoms with Crippen LogP contribution in [0.4, 0.5) is 5.69 Å². The van der Waals surface area contributed by atoms with Gasteiger partial charge < -0.3 is 15.7 Å². The van der Waals surface area contributed by atoms with Crippen LogP contribution in [0.2, 0.25) is 0 Å². The van der Waals surface area contributed by atoms with Crippen molar-refractivity contribution in [2.75, 3.05) is 18.4 Å². The summed E-state index contributed by atoms with van der Waals surface area (Å²) in [6.07, 6.45) is 0.366. The number of carboxylic acids is 1. The highest BCUT2D eigenvalue weighted by atomic mass is 16.4. The Morgan fingerprint density at radius 2 is 2.06 bits per heavy atom. The van der Waals surface area contributed by atoms with Gasteiger partial charge in [-0.25, -0.2) is 4.79 Å². The fraction of sp³-hybridized carbons (Fsp3) is 0.385. The third-order valence-electron chi connectivity index (χ3n) is 2.54. The molecule has 1 amide bonds. The number of carbonyl (C=O) groups excluding carboxylic acids is 1. The average Bonchev–Trinajstić information content (AvgIpc) is 2.32. The van der Waals surface area contributed by atoms with Crippen LogP contribution in [0, 0.1) is 6.92 Å². The van der Waals surface area contributed by atoms with E-state index < -0.39 is 5.97 Å². The maximum Gasteiger partial charge on any atom is 0.335 e. The Morgan fingerprint density at radius 1 is 1.33 bits per heavy atom. The highest BCUT2D eigenvalue weighted by Gasteiger charge is 2.08. The Morgan fingerprint density at radius 3 is 2.67 bits per heavy atom. The van der Waals surface area contributed by atoms with Gasteiger partial charge in [-0.2, -0.15) is 0 Å². The van der Waals surface area contributed by atoms with E-state index in [9.17, 15) is 9.59 Å². The predicted molar refractivity (Wildman–Crippen MR) is 69.9 cm³/mol. The average molecular weight is 250 g/mol. The lowest BCUT2D eigenvalue weighted by Crippen LogP contribution is -2.21. The van der Waals surface area contributed by atoms with E-state index in [4.69, 9.17) is 5.11 Å². The number of rotatable bonds is 6. The van der Waals surface area contributed by atoms with Crippen molar-refractivity contribution in [2.24, 2.45) is 0 Å². The molecule has 18 heavy (non-hydrogen) atoms. The van der Waals surface area contributed by atoms with Gasteiger partial charge in [-0.05, 0) is 31.2 Å². The molecule has 1 aromatic rings. The Bertz CT molecular complexity index is 444. The summed E-state index contributed by atoms with van der Waals surface area (Å²) in [5.41, 5.74) is 1.57. The molecular formula is C13H18N2O3. The molecule has 1 aromatic carbocycles. The summed E-state index contributed by atoms with van der Waals surface area (Å²) < 4.78 is 0. The molecule has 0 aliphatic carbocycles. The van der Waals surface area contributed by atoms with Crippen LogP contribution in [0.25, 0.3) is 0 Å². The van der Waals surface area contributed by atoms with Crippen LogP contribution < -0.4 is 10.6 Å². The highest BCUT2D eigenvalue weighted by Crippen LogP contribution is 2.17. The van der Waals surface area contributed by atoms with Crippen LogP contribution in [-0.4, -0.2) is 30.1 Å². The first-order chi connectivity index (χ1) is 8.54. The Kier molecular flexibility index (Phi) is 5.32. The minimum absolute atomic E-state index is 0.124. The molecule has 0 fully saturated rings. The van der Waals surface area contributed by atoms with Crippen molar-refractivity contribution < 1.29 is 14.7 Å². The smallest absolute Gasteiger partial charge is 0.335 e. The quantitative estimate of drug-likeness (QED) is 0.670. The third-order valence-corrected chi connectivity index (χ3v) is 2.54. The number of nitrogens with one attached hydrogen (secondary N) is 2. The molecule has 3 N–H and O–H groups in total. The van der Waals surface area contributed by atoms with Crippen molar-refractivity contribution in [1.29, 1.82) is 0 Å². The molecule has 0 unspecified atom stereocenters. The zero-order valence-electron chi connectivity index (χ0n) is 10.6. The van der Waals surface area contributed by atoms with Crippen LogP contribution in [-0.2, 0) is 4.79 Å². The summed E-state index contributed by atoms with van der Waals surface area (Å²) in [6.45, 7) is 5.23. The van der Waals surface area contributed by atoms with E-state index >= 15 is 0 Å². The monoisotopic (exact) mass is 250 g/mol. The van der Waals surface area contributed by atoms with E-state index in [2.05, 4.69) is 10.6 Å². The number of carboxylic acid groups (broad SMARTS) is 1. The number of benzene rings is 1. The summed E-state index contributed by atoms with van der Waals surface area (Å²) in [5.74, 6) is -1.13. The van der Waals surface area contributed by atoms with E-state index in [-0.39, 0.29) is 11.5 Å². The van der Waals surface area contributed by atoms with Gasteiger partial charge >= 0.3 is 5.97 Å². The Balaban J connectivity index is 2.68. The Hall–Kier alpha value is -1.88. The summed E-state index contributed by atoms with van der Waals surface area (Å²) in [5, 5.41) is 14.7. The van der Waals surface area contributed by atoms with E-state index in [1.807, 2.05) is 13.8 Å². The normalized spacial score (nSPS) is 10.1. The van der Waals surface area contributed by atoms with Crippen LogP contribution in [0.3, 0.4) is 0 Å². The maximum atomic E-state index is 11.6. The second-order valence-corrected chi connectivity index (χ2v) is 3.99. The fourth-order valence-electron chi connectivity index (χ4n) is 1.48. The molecule has 0 atom stereocenters. The van der Waals surface area contributed by atoms with E-state index in [1.54, 1.807) is 6.07 Å². The van der Waals surface area contributed by atoms with Crippen LogP contribution in [0.5, 0.6) is 0 Å². The van der Waals surface area contributed by atoms with Gasteiger partial charge in [0, 0.05) is 18.7 Å². The topological polar surface area (TPSA) is 78.4 Å². The molecule has 0 spiro atoms. The molecule has 5 heteroatoms. The first-order valence-corrected chi connectivity index (χ1v) is 5.89. The SMILES string of the molecule is CCNCCC(=O)Nc1cc(C(=O)O)ccc1C. The van der Waals surface area contributed by atoms with E-state index in [0.717, 1.165) is 12.1 Å². The fourth-order valence-corrected chi connectivity index (χ4v) is 1.48. The number of aryl methyl sites for hydroxylation is 1. The van der Waals surface area contributed by atoms with Gasteiger partial charge in [-0.3, -0.25) is 4.79 Å². The van der Waals surface area contributed by atoms with Crippen molar-refractivity contribution in [3.8, 4) is 0 Å². The van der Waals surface area contributed by atoms with Crippen LogP contribution in [0.1, 0.15) is 29.3 Å². The van der Waals surface area contributed by atoms with E-state index in [1.165, 1.54) is 12.1 Å². The van der Waals surface area contributed by atoms with Gasteiger partial charge in [0.25, 0.3) is 0 Å². The summed E-state index contributed by atoms with van der Waals surface area (Å²) in [4.78, 5) is 22.5. The molecule has 0 saturated carbocycles. The number of carbonyl (C=O) groups is 2. The predicted octanol–water partition coefficient (Wildman–Crippen LogP) is 1.63. The molecule has 0 saturated heterocycles. The van der Waals surface area contributed by atoms with E-state index in [0.29, 0.717) is 18.7 Å². The molecule has 0 aromatic heterocycles. The van der Waals surface area contributed by atoms with Crippen LogP contribution >= 0.6 is 0 Å². The molecule has 98 valence electrons. The first kappa shape index (κ1) is 14.2. The molecule has 5 nitrogen and oxygen atoms in total. The molecule has 0 aliphatic rings. The highest BCUT2D eigenvalue weighted by molar-refractivity contribution is 5.94. The van der Waals surface area contributed by atoms with Crippen molar-refractivity contribution in [1.82, 2.24) is 5.32 Å². The molecular weight excluding hydrogens is 232 g/mol. The van der Waals surface area contributed by atoms with Crippen LogP contribution in [0.15, 0.2) is 18.2 Å². The van der Waals surface area contributed by atoms with Crippen molar-refractivity contribution in [2.45, 2.75) is 20.3 Å². The minimum Gasteiger partial charge on any atom is -0.478 e. The molecule has 0 aliphatic heterocycles. The number of hydrogen-bond acceptors (Lipinski definition) is 3. The largest absolute Gasteiger partial charge is 0.478 e. The third kappa shape index (κ3) is 4.18.